The zero-order valence-corrected chi connectivity index (χ0v) is 17.4. The highest BCUT2D eigenvalue weighted by atomic mass is 35.5. The molecule has 0 heterocycles. The summed E-state index contributed by atoms with van der Waals surface area (Å²) >= 11 is 6.25. The second-order valence-corrected chi connectivity index (χ2v) is 7.95. The largest absolute Gasteiger partial charge is 0.479 e. The Balaban J connectivity index is 1.90. The van der Waals surface area contributed by atoms with E-state index in [1.54, 1.807) is 0 Å². The predicted octanol–water partition coefficient (Wildman–Crippen LogP) is 3.40. The van der Waals surface area contributed by atoms with Crippen LogP contribution in [-0.2, 0) is 14.3 Å². The third kappa shape index (κ3) is 3.55. The maximum absolute atomic E-state index is 12.9. The van der Waals surface area contributed by atoms with Crippen LogP contribution in [0.4, 0.5) is 4.79 Å². The van der Waals surface area contributed by atoms with Gasteiger partial charge in [0.15, 0.2) is 0 Å². The van der Waals surface area contributed by atoms with Crippen LogP contribution in [0.2, 0.25) is 0 Å². The van der Waals surface area contributed by atoms with Crippen LogP contribution in [0.3, 0.4) is 0 Å². The number of hydrogen-bond donors (Lipinski definition) is 2. The number of imide groups is 1. The van der Waals surface area contributed by atoms with Gasteiger partial charge in [0, 0.05) is 11.8 Å². The molecule has 0 spiro atoms. The number of nitrogens with two attached hydrogens (primary N) is 1. The van der Waals surface area contributed by atoms with Crippen LogP contribution >= 0.6 is 11.6 Å². The van der Waals surface area contributed by atoms with E-state index in [2.05, 4.69) is 0 Å². The molecule has 158 valence electrons. The number of hydrogen-bond acceptors (Lipinski definition) is 5. The van der Waals surface area contributed by atoms with Gasteiger partial charge in [-0.2, -0.15) is 0 Å². The van der Waals surface area contributed by atoms with Crippen molar-refractivity contribution in [2.24, 2.45) is 11.7 Å². The van der Waals surface area contributed by atoms with Crippen LogP contribution in [0.25, 0.3) is 11.1 Å². The van der Waals surface area contributed by atoms with E-state index in [4.69, 9.17) is 22.1 Å². The molecule has 0 saturated heterocycles. The highest BCUT2D eigenvalue weighted by Crippen LogP contribution is 2.44. The highest BCUT2D eigenvalue weighted by molar-refractivity contribution is 6.35. The van der Waals surface area contributed by atoms with E-state index in [9.17, 15) is 19.5 Å². The number of carboxylic acids is 1. The van der Waals surface area contributed by atoms with Gasteiger partial charge in [-0.1, -0.05) is 74.0 Å². The van der Waals surface area contributed by atoms with Gasteiger partial charge in [-0.3, -0.25) is 4.79 Å². The minimum Gasteiger partial charge on any atom is -0.479 e. The van der Waals surface area contributed by atoms with Crippen LogP contribution < -0.4 is 5.73 Å². The minimum absolute atomic E-state index is 0.0775. The molecule has 0 radical (unpaired) electrons. The van der Waals surface area contributed by atoms with Crippen LogP contribution in [0.1, 0.15) is 30.9 Å². The molecule has 30 heavy (non-hydrogen) atoms. The molecule has 2 aromatic rings. The number of nitrogens with zero attached hydrogens (tertiary/aromatic N) is 1. The average molecular weight is 431 g/mol. The molecule has 8 heteroatoms. The van der Waals surface area contributed by atoms with Gasteiger partial charge in [0.2, 0.25) is 10.9 Å². The van der Waals surface area contributed by atoms with Crippen molar-refractivity contribution in [3.8, 4) is 11.1 Å². The van der Waals surface area contributed by atoms with Gasteiger partial charge in [-0.05, 0) is 22.3 Å². The lowest BCUT2D eigenvalue weighted by atomic mass is 9.98. The number of benzene rings is 2. The molecule has 3 rings (SSSR count). The first-order valence-electron chi connectivity index (χ1n) is 9.53. The topological polar surface area (TPSA) is 110 Å². The summed E-state index contributed by atoms with van der Waals surface area (Å²) < 4.78 is 5.43. The van der Waals surface area contributed by atoms with E-state index in [-0.39, 0.29) is 12.5 Å². The summed E-state index contributed by atoms with van der Waals surface area (Å²) in [5.74, 6) is -3.50. The summed E-state index contributed by atoms with van der Waals surface area (Å²) in [7, 11) is 0. The summed E-state index contributed by atoms with van der Waals surface area (Å²) in [6, 6.07) is 15.6. The Hall–Kier alpha value is -2.90. The molecule has 2 aromatic carbocycles. The minimum atomic E-state index is -2.31. The normalized spacial score (nSPS) is 14.6. The van der Waals surface area contributed by atoms with Crippen LogP contribution in [0.5, 0.6) is 0 Å². The fraction of sp³-hybridized carbons (Fsp3) is 0.318. The molecule has 0 aliphatic heterocycles. The second kappa shape index (κ2) is 8.45. The summed E-state index contributed by atoms with van der Waals surface area (Å²) in [6.45, 7) is 2.33. The Bertz CT molecular complexity index is 947. The van der Waals surface area contributed by atoms with Crippen molar-refractivity contribution in [3.63, 3.8) is 0 Å². The van der Waals surface area contributed by atoms with Gasteiger partial charge in [-0.15, -0.1) is 0 Å². The first-order chi connectivity index (χ1) is 14.2. The zero-order valence-electron chi connectivity index (χ0n) is 16.7. The van der Waals surface area contributed by atoms with Crippen molar-refractivity contribution in [1.29, 1.82) is 0 Å². The fourth-order valence-electron chi connectivity index (χ4n) is 3.77. The Labute approximate surface area is 179 Å². The lowest BCUT2D eigenvalue weighted by Crippen LogP contribution is -2.60. The molecule has 1 aliphatic carbocycles. The van der Waals surface area contributed by atoms with Crippen LogP contribution in [-0.4, -0.2) is 46.1 Å². The molecule has 0 saturated carbocycles. The van der Waals surface area contributed by atoms with Gasteiger partial charge in [0.1, 0.15) is 6.61 Å². The molecule has 0 fully saturated rings. The number of rotatable bonds is 6. The molecule has 1 aliphatic rings. The highest BCUT2D eigenvalue weighted by Gasteiger charge is 2.52. The number of halogens is 1. The van der Waals surface area contributed by atoms with E-state index in [0.717, 1.165) is 22.3 Å². The maximum atomic E-state index is 12.9. The van der Waals surface area contributed by atoms with Crippen molar-refractivity contribution in [1.82, 2.24) is 4.90 Å². The monoisotopic (exact) mass is 430 g/mol. The second-order valence-electron chi connectivity index (χ2n) is 7.37. The molecule has 3 N–H and O–H groups in total. The number of carbonyl (C=O) groups excluding carboxylic acids is 2. The van der Waals surface area contributed by atoms with E-state index in [1.165, 1.54) is 13.8 Å². The number of carboxylic acid groups (broad SMARTS) is 1. The summed E-state index contributed by atoms with van der Waals surface area (Å²) in [6.07, 6.45) is -1.14. The molecule has 0 bridgehead atoms. The first-order valence-corrected chi connectivity index (χ1v) is 9.91. The third-order valence-corrected chi connectivity index (χ3v) is 6.10. The Morgan fingerprint density at radius 1 is 1.10 bits per heavy atom. The summed E-state index contributed by atoms with van der Waals surface area (Å²) in [5.41, 5.74) is 9.47. The van der Waals surface area contributed by atoms with E-state index < -0.39 is 35.4 Å². The molecule has 0 aromatic heterocycles. The smallest absolute Gasteiger partial charge is 0.418 e. The van der Waals surface area contributed by atoms with Crippen molar-refractivity contribution in [2.75, 3.05) is 13.2 Å². The molecule has 7 nitrogen and oxygen atoms in total. The van der Waals surface area contributed by atoms with Crippen molar-refractivity contribution in [2.45, 2.75) is 24.8 Å². The van der Waals surface area contributed by atoms with Gasteiger partial charge in [0.05, 0.1) is 6.54 Å². The number of amides is 2. The van der Waals surface area contributed by atoms with E-state index in [1.807, 2.05) is 48.5 Å². The quantitative estimate of drug-likeness (QED) is 0.536. The Morgan fingerprint density at radius 2 is 1.60 bits per heavy atom. The van der Waals surface area contributed by atoms with Crippen molar-refractivity contribution >= 4 is 29.6 Å². The van der Waals surface area contributed by atoms with Gasteiger partial charge >= 0.3 is 12.1 Å². The maximum Gasteiger partial charge on any atom is 0.418 e. The predicted molar refractivity (Wildman–Crippen MR) is 112 cm³/mol. The number of alkyl halides is 1. The van der Waals surface area contributed by atoms with E-state index in [0.29, 0.717) is 4.90 Å². The number of fused-ring (bicyclic) bond motifs is 3. The van der Waals surface area contributed by atoms with E-state index >= 15 is 0 Å². The SMILES string of the molecule is CC(C)[C@@](Cl)(C(=O)O)N(C(=O)CN)C(=O)OCC1c2ccccc2-c2ccccc21. The molecular formula is C22H23ClN2O5. The molecule has 2 amide bonds. The third-order valence-electron chi connectivity index (χ3n) is 5.33. The average Bonchev–Trinajstić information content (AvgIpc) is 3.05. The molecular weight excluding hydrogens is 408 g/mol. The van der Waals surface area contributed by atoms with Crippen LogP contribution in [0.15, 0.2) is 48.5 Å². The standard InChI is InChI=1S/C22H23ClN2O5/c1-13(2)22(23,20(27)28)25(19(26)11-24)21(29)30-12-18-16-9-5-3-7-14(16)15-8-4-6-10-17(15)18/h3-10,13,18H,11-12,24H2,1-2H3,(H,27,28)/t22-/m0/s1. The van der Waals surface area contributed by atoms with Gasteiger partial charge in [0.25, 0.3) is 0 Å². The zero-order chi connectivity index (χ0) is 22.1. The molecule has 1 atom stereocenters. The van der Waals surface area contributed by atoms with Gasteiger partial charge < -0.3 is 15.6 Å². The lowest BCUT2D eigenvalue weighted by Gasteiger charge is -2.36. The van der Waals surface area contributed by atoms with Crippen molar-refractivity contribution in [3.05, 3.63) is 59.7 Å². The Morgan fingerprint density at radius 3 is 2.03 bits per heavy atom. The number of aliphatic carboxylic acids is 1. The van der Waals surface area contributed by atoms with Gasteiger partial charge in [-0.25, -0.2) is 14.5 Å². The fourth-order valence-corrected chi connectivity index (χ4v) is 3.93. The molecule has 0 unspecified atom stereocenters. The number of ether oxygens (including phenoxy) is 1. The Kier molecular flexibility index (Phi) is 6.14. The summed E-state index contributed by atoms with van der Waals surface area (Å²) in [5, 5.41) is 9.63. The first kappa shape index (κ1) is 21.8. The van der Waals surface area contributed by atoms with Crippen LogP contribution in [0, 0.1) is 5.92 Å². The van der Waals surface area contributed by atoms with Crippen molar-refractivity contribution < 1.29 is 24.2 Å². The lowest BCUT2D eigenvalue weighted by molar-refractivity contribution is -0.153. The summed E-state index contributed by atoms with van der Waals surface area (Å²) in [4.78, 5) is 35.2. The number of carbonyl (C=O) groups is 3.